The molecule has 21 heavy (non-hydrogen) atoms. The summed E-state index contributed by atoms with van der Waals surface area (Å²) >= 11 is 0. The van der Waals surface area contributed by atoms with Crippen molar-refractivity contribution in [2.24, 2.45) is 22.2 Å². The van der Waals surface area contributed by atoms with E-state index < -0.39 is 0 Å². The molecule has 0 aromatic rings. The molecular formula is C20H39N. The van der Waals surface area contributed by atoms with Gasteiger partial charge in [-0.15, -0.1) is 0 Å². The monoisotopic (exact) mass is 293 g/mol. The average molecular weight is 294 g/mol. The lowest BCUT2D eigenvalue weighted by atomic mass is 9.63. The summed E-state index contributed by atoms with van der Waals surface area (Å²) in [6.45, 7) is 15.9. The van der Waals surface area contributed by atoms with Gasteiger partial charge >= 0.3 is 0 Å². The number of nitrogens with one attached hydrogen (secondary N) is 1. The first kappa shape index (κ1) is 17.3. The fourth-order valence-corrected chi connectivity index (χ4v) is 5.80. The van der Waals surface area contributed by atoms with Crippen LogP contribution in [-0.2, 0) is 0 Å². The highest BCUT2D eigenvalue weighted by atomic mass is 14.9. The minimum absolute atomic E-state index is 0.500. The van der Waals surface area contributed by atoms with Crippen molar-refractivity contribution in [3.05, 3.63) is 0 Å². The van der Waals surface area contributed by atoms with Gasteiger partial charge in [-0.05, 0) is 60.7 Å². The molecule has 124 valence electrons. The van der Waals surface area contributed by atoms with E-state index in [1.807, 2.05) is 0 Å². The Morgan fingerprint density at radius 2 is 1.48 bits per heavy atom. The van der Waals surface area contributed by atoms with Gasteiger partial charge in [0, 0.05) is 12.6 Å². The minimum atomic E-state index is 0.500. The lowest BCUT2D eigenvalue weighted by Gasteiger charge is -2.46. The van der Waals surface area contributed by atoms with E-state index in [-0.39, 0.29) is 0 Å². The second-order valence-electron chi connectivity index (χ2n) is 10.3. The molecule has 2 aliphatic carbocycles. The molecule has 0 aliphatic heterocycles. The van der Waals surface area contributed by atoms with Crippen molar-refractivity contribution >= 4 is 0 Å². The minimum Gasteiger partial charge on any atom is -0.313 e. The highest BCUT2D eigenvalue weighted by Crippen LogP contribution is 2.47. The molecule has 0 radical (unpaired) electrons. The van der Waals surface area contributed by atoms with Crippen LogP contribution in [0, 0.1) is 22.2 Å². The molecule has 0 atom stereocenters. The van der Waals surface area contributed by atoms with Crippen molar-refractivity contribution in [1.29, 1.82) is 0 Å². The fraction of sp³-hybridized carbons (Fsp3) is 1.00. The summed E-state index contributed by atoms with van der Waals surface area (Å²) in [5.41, 5.74) is 1.61. The van der Waals surface area contributed by atoms with Crippen LogP contribution >= 0.6 is 0 Å². The van der Waals surface area contributed by atoms with Crippen LogP contribution < -0.4 is 5.32 Å². The Kier molecular flexibility index (Phi) is 5.13. The van der Waals surface area contributed by atoms with E-state index in [4.69, 9.17) is 0 Å². The molecule has 2 aliphatic rings. The zero-order valence-electron chi connectivity index (χ0n) is 15.5. The summed E-state index contributed by atoms with van der Waals surface area (Å²) in [5.74, 6) is 0.837. The Labute approximate surface area is 133 Å². The molecule has 1 nitrogen and oxygen atoms in total. The smallest absolute Gasteiger partial charge is 0.00774 e. The maximum absolute atomic E-state index is 4.02. The van der Waals surface area contributed by atoms with Crippen LogP contribution in [0.4, 0.5) is 0 Å². The Balaban J connectivity index is 1.94. The molecule has 1 heteroatoms. The summed E-state index contributed by atoms with van der Waals surface area (Å²) in [6, 6.07) is 0.730. The number of hydrogen-bond acceptors (Lipinski definition) is 1. The second kappa shape index (κ2) is 6.22. The highest BCUT2D eigenvalue weighted by Gasteiger charge is 2.40. The van der Waals surface area contributed by atoms with Gasteiger partial charge in [0.2, 0.25) is 0 Å². The summed E-state index contributed by atoms with van der Waals surface area (Å²) in [5, 5.41) is 4.02. The topological polar surface area (TPSA) is 12.0 Å². The van der Waals surface area contributed by atoms with E-state index in [9.17, 15) is 0 Å². The third-order valence-electron chi connectivity index (χ3n) is 5.83. The standard InChI is InChI=1S/C20H39N/c1-16(2)11-20(9-7-8-10-20)15-21-17-12-18(3,4)14-19(5,6)13-17/h16-17,21H,7-15H2,1-6H3. The fourth-order valence-electron chi connectivity index (χ4n) is 5.80. The Bertz CT molecular complexity index is 318. The van der Waals surface area contributed by atoms with Crippen LogP contribution in [0.15, 0.2) is 0 Å². The van der Waals surface area contributed by atoms with E-state index in [0.717, 1.165) is 12.0 Å². The van der Waals surface area contributed by atoms with Crippen molar-refractivity contribution < 1.29 is 0 Å². The molecule has 1 N–H and O–H groups in total. The van der Waals surface area contributed by atoms with Gasteiger partial charge in [-0.1, -0.05) is 54.4 Å². The molecule has 2 fully saturated rings. The number of hydrogen-bond donors (Lipinski definition) is 1. The van der Waals surface area contributed by atoms with E-state index >= 15 is 0 Å². The molecule has 0 aromatic heterocycles. The van der Waals surface area contributed by atoms with Crippen LogP contribution in [0.25, 0.3) is 0 Å². The molecule has 0 aromatic carbocycles. The molecule has 0 unspecified atom stereocenters. The SMILES string of the molecule is CC(C)CC1(CNC2CC(C)(C)CC(C)(C)C2)CCCC1. The summed E-state index contributed by atoms with van der Waals surface area (Å²) < 4.78 is 0. The van der Waals surface area contributed by atoms with Crippen molar-refractivity contribution in [2.75, 3.05) is 6.54 Å². The Morgan fingerprint density at radius 1 is 0.952 bits per heavy atom. The first-order valence-corrected chi connectivity index (χ1v) is 9.35. The van der Waals surface area contributed by atoms with E-state index in [2.05, 4.69) is 46.9 Å². The van der Waals surface area contributed by atoms with Gasteiger partial charge in [-0.25, -0.2) is 0 Å². The van der Waals surface area contributed by atoms with Crippen LogP contribution in [0.5, 0.6) is 0 Å². The molecular weight excluding hydrogens is 254 g/mol. The maximum atomic E-state index is 4.02. The lowest BCUT2D eigenvalue weighted by molar-refractivity contribution is 0.0768. The predicted octanol–water partition coefficient (Wildman–Crippen LogP) is 5.79. The van der Waals surface area contributed by atoms with Crippen molar-refractivity contribution in [3.8, 4) is 0 Å². The summed E-state index contributed by atoms with van der Waals surface area (Å²) in [4.78, 5) is 0. The zero-order valence-corrected chi connectivity index (χ0v) is 15.5. The van der Waals surface area contributed by atoms with Crippen LogP contribution in [0.2, 0.25) is 0 Å². The van der Waals surface area contributed by atoms with Gasteiger partial charge in [0.15, 0.2) is 0 Å². The second-order valence-corrected chi connectivity index (χ2v) is 10.3. The lowest BCUT2D eigenvalue weighted by Crippen LogP contribution is -2.47. The summed E-state index contributed by atoms with van der Waals surface area (Å²) in [6.07, 6.45) is 11.3. The molecule has 2 rings (SSSR count). The van der Waals surface area contributed by atoms with Crippen LogP contribution in [0.3, 0.4) is 0 Å². The quantitative estimate of drug-likeness (QED) is 0.676. The Hall–Kier alpha value is -0.0400. The largest absolute Gasteiger partial charge is 0.313 e. The molecule has 0 amide bonds. The molecule has 2 saturated carbocycles. The van der Waals surface area contributed by atoms with Crippen LogP contribution in [-0.4, -0.2) is 12.6 Å². The van der Waals surface area contributed by atoms with Gasteiger partial charge in [0.05, 0.1) is 0 Å². The van der Waals surface area contributed by atoms with Crippen molar-refractivity contribution in [2.45, 2.75) is 99.0 Å². The van der Waals surface area contributed by atoms with Gasteiger partial charge in [-0.2, -0.15) is 0 Å². The van der Waals surface area contributed by atoms with E-state index in [1.54, 1.807) is 0 Å². The zero-order chi connectivity index (χ0) is 15.7. The molecule has 0 heterocycles. The highest BCUT2D eigenvalue weighted by molar-refractivity contribution is 4.94. The predicted molar refractivity (Wildman–Crippen MR) is 93.6 cm³/mol. The Morgan fingerprint density at radius 3 is 1.95 bits per heavy atom. The normalized spacial score (nSPS) is 28.1. The maximum Gasteiger partial charge on any atom is 0.00774 e. The van der Waals surface area contributed by atoms with Gasteiger partial charge in [0.1, 0.15) is 0 Å². The average Bonchev–Trinajstić information content (AvgIpc) is 2.70. The van der Waals surface area contributed by atoms with Crippen molar-refractivity contribution in [1.82, 2.24) is 5.32 Å². The van der Waals surface area contributed by atoms with Gasteiger partial charge < -0.3 is 5.32 Å². The van der Waals surface area contributed by atoms with Gasteiger partial charge in [0.25, 0.3) is 0 Å². The number of rotatable bonds is 5. The summed E-state index contributed by atoms with van der Waals surface area (Å²) in [7, 11) is 0. The first-order chi connectivity index (χ1) is 9.62. The first-order valence-electron chi connectivity index (χ1n) is 9.35. The van der Waals surface area contributed by atoms with E-state index in [0.29, 0.717) is 16.2 Å². The third kappa shape index (κ3) is 4.98. The van der Waals surface area contributed by atoms with Gasteiger partial charge in [-0.3, -0.25) is 0 Å². The van der Waals surface area contributed by atoms with E-state index in [1.165, 1.54) is 57.9 Å². The van der Waals surface area contributed by atoms with Crippen molar-refractivity contribution in [3.63, 3.8) is 0 Å². The molecule has 0 bridgehead atoms. The van der Waals surface area contributed by atoms with Crippen LogP contribution in [0.1, 0.15) is 92.9 Å². The molecule has 0 saturated heterocycles. The molecule has 0 spiro atoms. The third-order valence-corrected chi connectivity index (χ3v) is 5.83.